The molecular formula is C10H11FO. The van der Waals surface area contributed by atoms with Crippen LogP contribution in [0.25, 0.3) is 0 Å². The van der Waals surface area contributed by atoms with Crippen LogP contribution in [0.2, 0.25) is 0 Å². The molecule has 0 atom stereocenters. The maximum atomic E-state index is 13.0. The molecule has 0 bridgehead atoms. The molecule has 1 saturated carbocycles. The lowest BCUT2D eigenvalue weighted by Gasteiger charge is -2.04. The highest BCUT2D eigenvalue weighted by atomic mass is 19.1. The van der Waals surface area contributed by atoms with Gasteiger partial charge in [0.1, 0.15) is 0 Å². The molecular weight excluding hydrogens is 155 g/mol. The Bertz CT molecular complexity index is 316. The lowest BCUT2D eigenvalue weighted by molar-refractivity contribution is 0.425. The monoisotopic (exact) mass is 166 g/mol. The standard InChI is InChI=1S/C10H11FO/c1-6-4-8(7-2-3-7)10(12)9(11)5-6/h4-5,7,12H,2-3H2,1H3. The van der Waals surface area contributed by atoms with Gasteiger partial charge in [0.15, 0.2) is 11.6 Å². The number of benzene rings is 1. The van der Waals surface area contributed by atoms with Crippen LogP contribution < -0.4 is 0 Å². The molecule has 1 fully saturated rings. The van der Waals surface area contributed by atoms with Gasteiger partial charge in [-0.15, -0.1) is 0 Å². The second kappa shape index (κ2) is 2.47. The van der Waals surface area contributed by atoms with Crippen LogP contribution in [-0.2, 0) is 0 Å². The fourth-order valence-electron chi connectivity index (χ4n) is 1.47. The summed E-state index contributed by atoms with van der Waals surface area (Å²) < 4.78 is 13.0. The molecule has 0 unspecified atom stereocenters. The highest BCUT2D eigenvalue weighted by Gasteiger charge is 2.27. The van der Waals surface area contributed by atoms with Gasteiger partial charge < -0.3 is 5.11 Å². The van der Waals surface area contributed by atoms with Crippen LogP contribution in [0.5, 0.6) is 5.75 Å². The van der Waals surface area contributed by atoms with E-state index in [1.165, 1.54) is 6.07 Å². The van der Waals surface area contributed by atoms with E-state index in [9.17, 15) is 9.50 Å². The molecule has 0 heterocycles. The third kappa shape index (κ3) is 1.17. The summed E-state index contributed by atoms with van der Waals surface area (Å²) in [7, 11) is 0. The summed E-state index contributed by atoms with van der Waals surface area (Å²) in [6.07, 6.45) is 2.16. The van der Waals surface area contributed by atoms with E-state index in [4.69, 9.17) is 0 Å². The van der Waals surface area contributed by atoms with E-state index in [0.717, 1.165) is 24.0 Å². The third-order valence-corrected chi connectivity index (χ3v) is 2.25. The fraction of sp³-hybridized carbons (Fsp3) is 0.400. The number of aryl methyl sites for hydroxylation is 1. The zero-order valence-electron chi connectivity index (χ0n) is 6.97. The van der Waals surface area contributed by atoms with Gasteiger partial charge in [-0.3, -0.25) is 0 Å². The summed E-state index contributed by atoms with van der Waals surface area (Å²) in [6, 6.07) is 3.23. The van der Waals surface area contributed by atoms with Crippen molar-refractivity contribution in [1.82, 2.24) is 0 Å². The number of rotatable bonds is 1. The van der Waals surface area contributed by atoms with Gasteiger partial charge in [0.05, 0.1) is 0 Å². The molecule has 2 rings (SSSR count). The van der Waals surface area contributed by atoms with Crippen molar-refractivity contribution in [2.45, 2.75) is 25.7 Å². The van der Waals surface area contributed by atoms with E-state index in [1.54, 1.807) is 0 Å². The zero-order valence-corrected chi connectivity index (χ0v) is 6.97. The first-order valence-corrected chi connectivity index (χ1v) is 4.17. The molecule has 0 aromatic heterocycles. The molecule has 12 heavy (non-hydrogen) atoms. The summed E-state index contributed by atoms with van der Waals surface area (Å²) in [5.41, 5.74) is 1.67. The first kappa shape index (κ1) is 7.59. The Morgan fingerprint density at radius 3 is 2.67 bits per heavy atom. The van der Waals surface area contributed by atoms with Crippen LogP contribution in [0.1, 0.15) is 29.9 Å². The number of phenolic OH excluding ortho intramolecular Hbond substituents is 1. The first-order valence-electron chi connectivity index (χ1n) is 4.17. The SMILES string of the molecule is Cc1cc(F)c(O)c(C2CC2)c1. The van der Waals surface area contributed by atoms with Gasteiger partial charge in [0.2, 0.25) is 0 Å². The van der Waals surface area contributed by atoms with Gasteiger partial charge in [-0.1, -0.05) is 6.07 Å². The second-order valence-corrected chi connectivity index (χ2v) is 3.46. The number of halogens is 1. The Morgan fingerprint density at radius 1 is 1.42 bits per heavy atom. The lowest BCUT2D eigenvalue weighted by Crippen LogP contribution is -1.87. The van der Waals surface area contributed by atoms with Crippen LogP contribution in [0.15, 0.2) is 12.1 Å². The second-order valence-electron chi connectivity index (χ2n) is 3.46. The van der Waals surface area contributed by atoms with Crippen LogP contribution in [0.3, 0.4) is 0 Å². The van der Waals surface area contributed by atoms with Crippen molar-refractivity contribution in [2.24, 2.45) is 0 Å². The minimum atomic E-state index is -0.489. The van der Waals surface area contributed by atoms with Gasteiger partial charge in [-0.25, -0.2) is 4.39 Å². The fourth-order valence-corrected chi connectivity index (χ4v) is 1.47. The number of hydrogen-bond donors (Lipinski definition) is 1. The number of phenols is 1. The molecule has 0 aliphatic heterocycles. The maximum Gasteiger partial charge on any atom is 0.165 e. The molecule has 1 aromatic rings. The quantitative estimate of drug-likeness (QED) is 0.680. The predicted molar refractivity (Wildman–Crippen MR) is 44.8 cm³/mol. The third-order valence-electron chi connectivity index (χ3n) is 2.25. The average molecular weight is 166 g/mol. The summed E-state index contributed by atoms with van der Waals surface area (Å²) >= 11 is 0. The van der Waals surface area contributed by atoms with E-state index < -0.39 is 5.82 Å². The molecule has 0 saturated heterocycles. The minimum Gasteiger partial charge on any atom is -0.505 e. The van der Waals surface area contributed by atoms with Gasteiger partial charge in [0.25, 0.3) is 0 Å². The van der Waals surface area contributed by atoms with Crippen molar-refractivity contribution in [1.29, 1.82) is 0 Å². The zero-order chi connectivity index (χ0) is 8.72. The molecule has 1 aliphatic rings. The Hall–Kier alpha value is -1.05. The van der Waals surface area contributed by atoms with Crippen LogP contribution in [-0.4, -0.2) is 5.11 Å². The summed E-state index contributed by atoms with van der Waals surface area (Å²) in [6.45, 7) is 1.84. The van der Waals surface area contributed by atoms with Gasteiger partial charge in [0, 0.05) is 5.56 Å². The summed E-state index contributed by atoms with van der Waals surface area (Å²) in [5, 5.41) is 9.36. The summed E-state index contributed by atoms with van der Waals surface area (Å²) in [5.74, 6) is -0.237. The molecule has 2 heteroatoms. The normalized spacial score (nSPS) is 16.5. The largest absolute Gasteiger partial charge is 0.505 e. The molecule has 0 spiro atoms. The predicted octanol–water partition coefficient (Wildman–Crippen LogP) is 2.72. The van der Waals surface area contributed by atoms with Crippen LogP contribution in [0.4, 0.5) is 4.39 Å². The van der Waals surface area contributed by atoms with Crippen LogP contribution in [0, 0.1) is 12.7 Å². The van der Waals surface area contributed by atoms with Gasteiger partial charge in [-0.2, -0.15) is 0 Å². The van der Waals surface area contributed by atoms with E-state index in [2.05, 4.69) is 0 Å². The highest BCUT2D eigenvalue weighted by molar-refractivity contribution is 5.41. The molecule has 1 aliphatic carbocycles. The number of hydrogen-bond acceptors (Lipinski definition) is 1. The van der Waals surface area contributed by atoms with Crippen LogP contribution >= 0.6 is 0 Å². The molecule has 0 amide bonds. The molecule has 1 N–H and O–H groups in total. The van der Waals surface area contributed by atoms with Crippen molar-refractivity contribution in [3.63, 3.8) is 0 Å². The van der Waals surface area contributed by atoms with Crippen molar-refractivity contribution < 1.29 is 9.50 Å². The van der Waals surface area contributed by atoms with Gasteiger partial charge in [-0.05, 0) is 37.3 Å². The maximum absolute atomic E-state index is 13.0. The molecule has 1 nitrogen and oxygen atoms in total. The smallest absolute Gasteiger partial charge is 0.165 e. The van der Waals surface area contributed by atoms with Gasteiger partial charge >= 0.3 is 0 Å². The van der Waals surface area contributed by atoms with E-state index in [-0.39, 0.29) is 5.75 Å². The number of aromatic hydroxyl groups is 1. The Kier molecular flexibility index (Phi) is 1.56. The molecule has 64 valence electrons. The Labute approximate surface area is 70.8 Å². The van der Waals surface area contributed by atoms with Crippen molar-refractivity contribution >= 4 is 0 Å². The first-order chi connectivity index (χ1) is 5.68. The van der Waals surface area contributed by atoms with Crippen molar-refractivity contribution in [3.05, 3.63) is 29.1 Å². The van der Waals surface area contributed by atoms with Crippen molar-refractivity contribution in [3.8, 4) is 5.75 Å². The average Bonchev–Trinajstić information content (AvgIpc) is 2.79. The topological polar surface area (TPSA) is 20.2 Å². The highest BCUT2D eigenvalue weighted by Crippen LogP contribution is 2.44. The Balaban J connectivity index is 2.51. The van der Waals surface area contributed by atoms with Crippen molar-refractivity contribution in [2.75, 3.05) is 0 Å². The minimum absolute atomic E-state index is 0.150. The van der Waals surface area contributed by atoms with E-state index >= 15 is 0 Å². The Morgan fingerprint density at radius 2 is 2.08 bits per heavy atom. The summed E-state index contributed by atoms with van der Waals surface area (Å²) in [4.78, 5) is 0. The lowest BCUT2D eigenvalue weighted by atomic mass is 10.1. The molecule has 0 radical (unpaired) electrons. The molecule has 1 aromatic carbocycles. The van der Waals surface area contributed by atoms with E-state index in [1.807, 2.05) is 13.0 Å². The van der Waals surface area contributed by atoms with E-state index in [0.29, 0.717) is 5.92 Å².